The van der Waals surface area contributed by atoms with Crippen molar-refractivity contribution >= 4 is 17.5 Å². The number of hydrogen-bond acceptors (Lipinski definition) is 6. The van der Waals surface area contributed by atoms with Gasteiger partial charge in [0, 0.05) is 47.6 Å². The second-order valence-corrected chi connectivity index (χ2v) is 36.7. The maximum absolute atomic E-state index is 12.8. The van der Waals surface area contributed by atoms with Crippen LogP contribution in [0.25, 0.3) is 0 Å². The molecular weight excluding hydrogens is 1070 g/mol. The third kappa shape index (κ3) is 12.8. The molecule has 0 radical (unpaired) electrons. The number of carbonyl (C=O) groups is 3. The van der Waals surface area contributed by atoms with Gasteiger partial charge in [0.1, 0.15) is 28.5 Å². The van der Waals surface area contributed by atoms with Crippen LogP contribution in [0.2, 0.25) is 0 Å². The van der Waals surface area contributed by atoms with E-state index in [-0.39, 0.29) is 93.8 Å². The van der Waals surface area contributed by atoms with Gasteiger partial charge in [0.15, 0.2) is 0 Å². The Morgan fingerprint density at radius 3 is 1.25 bits per heavy atom. The van der Waals surface area contributed by atoms with Gasteiger partial charge in [-0.1, -0.05) is 299 Å². The molecule has 9 rings (SSSR count). The number of fused-ring (bicyclic) bond motifs is 4. The molecule has 3 heterocycles. The molecule has 4 aromatic carbocycles. The molecule has 0 saturated carbocycles. The largest absolute Gasteiger partial charge is 0.485 e. The molecule has 1 amide bonds. The number of carbonyl (C=O) groups excluding carboxylic acids is 3. The smallest absolute Gasteiger partial charge is 0.227 e. The van der Waals surface area contributed by atoms with E-state index in [0.29, 0.717) is 25.0 Å². The average molecular weight is 1190 g/mol. The number of aliphatic hydroxyl groups is 1. The summed E-state index contributed by atoms with van der Waals surface area (Å²) < 4.78 is 12.9. The molecule has 1 saturated heterocycles. The fourth-order valence-corrected chi connectivity index (χ4v) is 19.1. The monoisotopic (exact) mass is 1190 g/mol. The Labute approximate surface area is 531 Å². The molecule has 0 bridgehead atoms. The number of aliphatic hydroxyl groups excluding tert-OH is 1. The molecule has 1 fully saturated rings. The summed E-state index contributed by atoms with van der Waals surface area (Å²) in [6, 6.07) is 33.5. The van der Waals surface area contributed by atoms with Crippen molar-refractivity contribution in [2.75, 3.05) is 6.54 Å². The second kappa shape index (κ2) is 24.2. The summed E-state index contributed by atoms with van der Waals surface area (Å²) in [5, 5.41) is 13.8. The summed E-state index contributed by atoms with van der Waals surface area (Å²) in [4.78, 5) is 37.4. The summed E-state index contributed by atoms with van der Waals surface area (Å²) in [5.41, 5.74) is 7.22. The Kier molecular flexibility index (Phi) is 20.4. The van der Waals surface area contributed by atoms with E-state index < -0.39 is 5.60 Å². The van der Waals surface area contributed by atoms with Crippen LogP contribution in [-0.2, 0) is 61.4 Å². The zero-order valence-electron chi connectivity index (χ0n) is 60.8. The van der Waals surface area contributed by atoms with Gasteiger partial charge in [-0.2, -0.15) is 0 Å². The molecule has 0 spiro atoms. The van der Waals surface area contributed by atoms with E-state index in [1.54, 1.807) is 0 Å². The van der Waals surface area contributed by atoms with Crippen LogP contribution in [-0.4, -0.2) is 40.8 Å². The highest BCUT2D eigenvalue weighted by atomic mass is 16.5. The van der Waals surface area contributed by atoms with Crippen LogP contribution in [0, 0.1) is 59.6 Å². The number of Topliss-reactive ketones (excluding diaryl/α,β-unsaturated/α-hetero) is 2. The number of rotatable bonds is 0. The van der Waals surface area contributed by atoms with Gasteiger partial charge < -0.3 is 19.9 Å². The lowest BCUT2D eigenvalue weighted by Crippen LogP contribution is -2.58. The maximum Gasteiger partial charge on any atom is 0.227 e. The Hall–Kier alpha value is -4.59. The predicted octanol–water partition coefficient (Wildman–Crippen LogP) is 19.6. The predicted molar refractivity (Wildman–Crippen MR) is 365 cm³/mol. The Morgan fingerprint density at radius 1 is 0.437 bits per heavy atom. The molecule has 484 valence electrons. The topological polar surface area (TPSA) is 102 Å². The van der Waals surface area contributed by atoms with Crippen LogP contribution >= 0.6 is 0 Å². The van der Waals surface area contributed by atoms with E-state index in [0.717, 1.165) is 37.3 Å². The van der Waals surface area contributed by atoms with Crippen LogP contribution < -0.4 is 10.1 Å². The lowest BCUT2D eigenvalue weighted by Gasteiger charge is -2.54. The first kappa shape index (κ1) is 73.1. The lowest BCUT2D eigenvalue weighted by atomic mass is 9.50. The first-order valence-electron chi connectivity index (χ1n) is 32.8. The molecule has 1 atom stereocenters. The zero-order valence-corrected chi connectivity index (χ0v) is 60.8. The van der Waals surface area contributed by atoms with Crippen LogP contribution in [0.15, 0.2) is 97.1 Å². The van der Waals surface area contributed by atoms with Gasteiger partial charge in [0.05, 0.1) is 23.5 Å². The van der Waals surface area contributed by atoms with Crippen molar-refractivity contribution in [1.29, 1.82) is 0 Å². The third-order valence-electron chi connectivity index (χ3n) is 21.4. The standard InChI is InChI=1S/C18H26O2.C17H26O.C17H24O.C16H24O.C12H23NO/c1-16(2,3)18(17(4,5)6)12-14(19)11-13-9-7-8-10-15(13)20-18;2*1-15(2,3)17(16(4,5)6)13-10-8-7-9-12(13)11-14(17)18;1-14(2,3)16(15(4,5)6)13-10-8-7-9-12(13)11-17-16;1-10(2,3)12(11(4,5)6)7-8-13-9(12)14/h7-10H,11-12H2,1-6H3;7-10,14,18H,11H2,1-6H3;7-10H,11H2,1-6H3;7-10H,11H2,1-6H3;7-8H2,1-6H3,(H,13,14). The van der Waals surface area contributed by atoms with Gasteiger partial charge in [0.2, 0.25) is 5.91 Å². The van der Waals surface area contributed by atoms with Crippen molar-refractivity contribution in [1.82, 2.24) is 5.32 Å². The molecular formula is C80H123NO6. The van der Waals surface area contributed by atoms with Crippen molar-refractivity contribution in [3.05, 3.63) is 136 Å². The minimum Gasteiger partial charge on any atom is -0.485 e. The quantitative estimate of drug-likeness (QED) is 0.182. The van der Waals surface area contributed by atoms with Crippen LogP contribution in [0.4, 0.5) is 0 Å². The van der Waals surface area contributed by atoms with Crippen LogP contribution in [0.3, 0.4) is 0 Å². The molecule has 7 heteroatoms. The number of nitrogens with one attached hydrogen (secondary N) is 1. The maximum atomic E-state index is 12.8. The fraction of sp³-hybridized carbons (Fsp3) is 0.662. The molecule has 3 aliphatic heterocycles. The highest BCUT2D eigenvalue weighted by Crippen LogP contribution is 2.62. The molecule has 2 aliphatic carbocycles. The van der Waals surface area contributed by atoms with Crippen molar-refractivity contribution in [3.63, 3.8) is 0 Å². The molecule has 7 nitrogen and oxygen atoms in total. The molecule has 5 aliphatic rings. The van der Waals surface area contributed by atoms with Gasteiger partial charge >= 0.3 is 0 Å². The highest BCUT2D eigenvalue weighted by Gasteiger charge is 2.63. The summed E-state index contributed by atoms with van der Waals surface area (Å²) in [6.07, 6.45) is 2.97. The minimum absolute atomic E-state index is 0.0197. The van der Waals surface area contributed by atoms with Gasteiger partial charge in [-0.15, -0.1) is 0 Å². The van der Waals surface area contributed by atoms with Crippen molar-refractivity contribution < 1.29 is 29.0 Å². The zero-order chi connectivity index (χ0) is 66.8. The fourth-order valence-electron chi connectivity index (χ4n) is 19.1. The summed E-state index contributed by atoms with van der Waals surface area (Å²) in [6.45, 7) is 67.9. The Morgan fingerprint density at radius 2 is 0.851 bits per heavy atom. The van der Waals surface area contributed by atoms with E-state index in [2.05, 4.69) is 280 Å². The normalized spacial score (nSPS) is 20.4. The summed E-state index contributed by atoms with van der Waals surface area (Å²) in [5.74, 6) is 1.74. The summed E-state index contributed by atoms with van der Waals surface area (Å²) in [7, 11) is 0. The molecule has 87 heavy (non-hydrogen) atoms. The van der Waals surface area contributed by atoms with E-state index in [1.807, 2.05) is 30.3 Å². The van der Waals surface area contributed by atoms with Gasteiger partial charge in [0.25, 0.3) is 0 Å². The average Bonchev–Trinajstić information content (AvgIpc) is 1.64. The summed E-state index contributed by atoms with van der Waals surface area (Å²) >= 11 is 0. The molecule has 4 aromatic rings. The van der Waals surface area contributed by atoms with E-state index in [4.69, 9.17) is 9.47 Å². The third-order valence-corrected chi connectivity index (χ3v) is 21.4. The van der Waals surface area contributed by atoms with Gasteiger partial charge in [-0.3, -0.25) is 14.4 Å². The van der Waals surface area contributed by atoms with E-state index in [9.17, 15) is 19.5 Å². The number of ether oxygens (including phenoxy) is 2. The number of para-hydroxylation sites is 1. The molecule has 1 unspecified atom stereocenters. The van der Waals surface area contributed by atoms with E-state index in [1.165, 1.54) is 33.4 Å². The lowest BCUT2D eigenvalue weighted by molar-refractivity contribution is -0.180. The number of ketones is 2. The van der Waals surface area contributed by atoms with Crippen molar-refractivity contribution in [2.24, 2.45) is 59.6 Å². The van der Waals surface area contributed by atoms with Crippen LogP contribution in [0.5, 0.6) is 5.75 Å². The first-order valence-corrected chi connectivity index (χ1v) is 32.8. The SMILES string of the molecule is CC(C)(C)C1(C(C)(C)C)C(=O)Cc2ccccc21.CC(C)(C)C1(C(C)(C)C)CC(=O)Cc2ccccc2O1.CC(C)(C)C1(C(C)(C)C)CCNC1=O.CC(C)(C)C1(C(C)(C)C)OCc2ccccc21.CC(C)(C)C1(C(C)(C)C)c2ccccc2CC1O. The van der Waals surface area contributed by atoms with Gasteiger partial charge in [-0.25, -0.2) is 0 Å². The number of hydrogen-bond donors (Lipinski definition) is 2. The molecule has 2 N–H and O–H groups in total. The second-order valence-electron chi connectivity index (χ2n) is 36.7. The number of benzene rings is 4. The Balaban J connectivity index is 0.000000199. The van der Waals surface area contributed by atoms with Crippen LogP contribution in [0.1, 0.15) is 259 Å². The van der Waals surface area contributed by atoms with Gasteiger partial charge in [-0.05, 0) is 95.6 Å². The van der Waals surface area contributed by atoms with Crippen molar-refractivity contribution in [2.45, 2.75) is 275 Å². The first-order chi connectivity index (χ1) is 39.1. The van der Waals surface area contributed by atoms with Crippen molar-refractivity contribution in [3.8, 4) is 5.75 Å². The minimum atomic E-state index is -0.496. The Bertz CT molecular complexity index is 2990. The van der Waals surface area contributed by atoms with E-state index >= 15 is 0 Å². The highest BCUT2D eigenvalue weighted by molar-refractivity contribution is 5.98. The molecule has 0 aromatic heterocycles. The number of amides is 1.